The minimum Gasteiger partial charge on any atom is -0.394 e. The Bertz CT molecular complexity index is 103. The number of rotatable bonds is 8. The lowest BCUT2D eigenvalue weighted by atomic mass is 10.2. The zero-order valence-corrected chi connectivity index (χ0v) is 9.52. The second-order valence-corrected chi connectivity index (χ2v) is 4.70. The van der Waals surface area contributed by atoms with Crippen molar-refractivity contribution in [3.8, 4) is 0 Å². The van der Waals surface area contributed by atoms with Crippen molar-refractivity contribution in [2.75, 3.05) is 12.4 Å². The molecule has 0 fully saturated rings. The molecule has 3 heteroatoms. The molecule has 0 rings (SSSR count). The molecule has 2 N–H and O–H groups in total. The number of aliphatic hydroxyl groups excluding tert-OH is 2. The van der Waals surface area contributed by atoms with Gasteiger partial charge in [-0.1, -0.05) is 26.7 Å². The highest BCUT2D eigenvalue weighted by Crippen LogP contribution is 2.21. The van der Waals surface area contributed by atoms with Gasteiger partial charge in [0.25, 0.3) is 0 Å². The average molecular weight is 206 g/mol. The topological polar surface area (TPSA) is 40.5 Å². The molecule has 0 amide bonds. The van der Waals surface area contributed by atoms with E-state index in [2.05, 4.69) is 13.8 Å². The Labute approximate surface area is 85.7 Å². The molecule has 80 valence electrons. The molecule has 0 aromatic rings. The first kappa shape index (κ1) is 13.3. The third-order valence-electron chi connectivity index (χ3n) is 1.96. The smallest absolute Gasteiger partial charge is 0.0861 e. The van der Waals surface area contributed by atoms with Crippen LogP contribution in [0.4, 0.5) is 0 Å². The van der Waals surface area contributed by atoms with E-state index in [1.807, 2.05) is 0 Å². The molecule has 0 aliphatic heterocycles. The summed E-state index contributed by atoms with van der Waals surface area (Å²) in [6.45, 7) is 4.26. The molecule has 0 radical (unpaired) electrons. The minimum atomic E-state index is -0.541. The quantitative estimate of drug-likeness (QED) is 0.638. The Morgan fingerprint density at radius 1 is 1.15 bits per heavy atom. The summed E-state index contributed by atoms with van der Waals surface area (Å²) in [5.41, 5.74) is 0. The van der Waals surface area contributed by atoms with E-state index in [0.717, 1.165) is 0 Å². The first-order valence-electron chi connectivity index (χ1n) is 5.15. The summed E-state index contributed by atoms with van der Waals surface area (Å²) in [7, 11) is 0. The van der Waals surface area contributed by atoms with Gasteiger partial charge in [0.15, 0.2) is 0 Å². The van der Waals surface area contributed by atoms with Crippen molar-refractivity contribution >= 4 is 11.8 Å². The predicted molar refractivity (Wildman–Crippen MR) is 59.2 cm³/mol. The Hall–Kier alpha value is 0.270. The van der Waals surface area contributed by atoms with Crippen molar-refractivity contribution in [2.24, 2.45) is 0 Å². The molecule has 0 aliphatic rings. The van der Waals surface area contributed by atoms with Gasteiger partial charge >= 0.3 is 0 Å². The van der Waals surface area contributed by atoms with Gasteiger partial charge in [0.2, 0.25) is 0 Å². The maximum Gasteiger partial charge on any atom is 0.0861 e. The van der Waals surface area contributed by atoms with Crippen LogP contribution in [-0.4, -0.2) is 33.9 Å². The highest BCUT2D eigenvalue weighted by molar-refractivity contribution is 7.99. The molecular weight excluding hydrogens is 184 g/mol. The van der Waals surface area contributed by atoms with Gasteiger partial charge in [-0.2, -0.15) is 11.8 Å². The summed E-state index contributed by atoms with van der Waals surface area (Å²) < 4.78 is 0. The van der Waals surface area contributed by atoms with Crippen LogP contribution < -0.4 is 0 Å². The molecule has 0 saturated carbocycles. The molecule has 0 aliphatic carbocycles. The van der Waals surface area contributed by atoms with Crippen molar-refractivity contribution in [3.05, 3.63) is 0 Å². The van der Waals surface area contributed by atoms with E-state index >= 15 is 0 Å². The summed E-state index contributed by atoms with van der Waals surface area (Å²) in [5, 5.41) is 18.5. The lowest BCUT2D eigenvalue weighted by Gasteiger charge is -2.16. The molecule has 0 aromatic heterocycles. The fourth-order valence-electron chi connectivity index (χ4n) is 1.25. The molecule has 1 unspecified atom stereocenters. The average Bonchev–Trinajstić information content (AvgIpc) is 2.14. The zero-order chi connectivity index (χ0) is 10.1. The van der Waals surface area contributed by atoms with E-state index < -0.39 is 6.10 Å². The van der Waals surface area contributed by atoms with Crippen LogP contribution in [0.5, 0.6) is 0 Å². The molecule has 2 nitrogen and oxygen atoms in total. The van der Waals surface area contributed by atoms with Gasteiger partial charge in [-0.05, 0) is 12.8 Å². The number of thioether (sulfide) groups is 1. The second-order valence-electron chi connectivity index (χ2n) is 3.37. The Balaban J connectivity index is 3.55. The summed E-state index contributed by atoms with van der Waals surface area (Å²) in [6, 6.07) is 0. The van der Waals surface area contributed by atoms with E-state index in [-0.39, 0.29) is 6.61 Å². The van der Waals surface area contributed by atoms with Gasteiger partial charge in [-0.3, -0.25) is 0 Å². The van der Waals surface area contributed by atoms with E-state index in [0.29, 0.717) is 11.0 Å². The van der Waals surface area contributed by atoms with Gasteiger partial charge in [-0.25, -0.2) is 0 Å². The van der Waals surface area contributed by atoms with Crippen LogP contribution in [0.1, 0.15) is 39.5 Å². The molecule has 0 saturated heterocycles. The standard InChI is InChI=1S/C10H22O2S/c1-3-5-10(6-4-2)13-8-9(12)7-11/h9-12H,3-8H2,1-2H3. The third-order valence-corrected chi connectivity index (χ3v) is 3.48. The van der Waals surface area contributed by atoms with E-state index in [1.165, 1.54) is 25.7 Å². The first-order chi connectivity index (χ1) is 6.24. The third kappa shape index (κ3) is 7.35. The predicted octanol–water partition coefficient (Wildman–Crippen LogP) is 2.04. The normalized spacial score (nSPS) is 13.6. The Morgan fingerprint density at radius 3 is 2.08 bits per heavy atom. The van der Waals surface area contributed by atoms with E-state index in [9.17, 15) is 5.11 Å². The van der Waals surface area contributed by atoms with Crippen LogP contribution in [0, 0.1) is 0 Å². The maximum absolute atomic E-state index is 9.17. The van der Waals surface area contributed by atoms with Crippen LogP contribution in [0.25, 0.3) is 0 Å². The summed E-state index contributed by atoms with van der Waals surface area (Å²) in [5.74, 6) is 0.668. The lowest BCUT2D eigenvalue weighted by molar-refractivity contribution is 0.113. The molecule has 0 bridgehead atoms. The van der Waals surface area contributed by atoms with Crippen LogP contribution in [0.2, 0.25) is 0 Å². The van der Waals surface area contributed by atoms with Gasteiger partial charge in [-0.15, -0.1) is 0 Å². The molecule has 0 heterocycles. The monoisotopic (exact) mass is 206 g/mol. The molecule has 1 atom stereocenters. The van der Waals surface area contributed by atoms with Crippen molar-refractivity contribution < 1.29 is 10.2 Å². The number of hydrogen-bond acceptors (Lipinski definition) is 3. The fraction of sp³-hybridized carbons (Fsp3) is 1.00. The zero-order valence-electron chi connectivity index (χ0n) is 8.70. The van der Waals surface area contributed by atoms with Gasteiger partial charge in [0, 0.05) is 11.0 Å². The maximum atomic E-state index is 9.17. The van der Waals surface area contributed by atoms with Gasteiger partial charge in [0.1, 0.15) is 0 Å². The lowest BCUT2D eigenvalue weighted by Crippen LogP contribution is -2.17. The van der Waals surface area contributed by atoms with Crippen molar-refractivity contribution in [3.63, 3.8) is 0 Å². The SMILES string of the molecule is CCCC(CCC)SCC(O)CO. The largest absolute Gasteiger partial charge is 0.394 e. The molecule has 0 spiro atoms. The van der Waals surface area contributed by atoms with Crippen molar-refractivity contribution in [1.82, 2.24) is 0 Å². The Kier molecular flexibility index (Phi) is 9.03. The van der Waals surface area contributed by atoms with E-state index in [1.54, 1.807) is 11.8 Å². The fourth-order valence-corrected chi connectivity index (χ4v) is 2.66. The Morgan fingerprint density at radius 2 is 1.69 bits per heavy atom. The van der Waals surface area contributed by atoms with Crippen LogP contribution >= 0.6 is 11.8 Å². The number of aliphatic hydroxyl groups is 2. The second kappa shape index (κ2) is 8.85. The highest BCUT2D eigenvalue weighted by Gasteiger charge is 2.09. The first-order valence-corrected chi connectivity index (χ1v) is 6.19. The molecular formula is C10H22O2S. The summed E-state index contributed by atoms with van der Waals surface area (Å²) in [6.07, 6.45) is 4.30. The minimum absolute atomic E-state index is 0.113. The van der Waals surface area contributed by atoms with Gasteiger partial charge < -0.3 is 10.2 Å². The summed E-state index contributed by atoms with van der Waals surface area (Å²) in [4.78, 5) is 0. The highest BCUT2D eigenvalue weighted by atomic mass is 32.2. The van der Waals surface area contributed by atoms with Crippen LogP contribution in [0.3, 0.4) is 0 Å². The molecule has 0 aromatic carbocycles. The molecule has 13 heavy (non-hydrogen) atoms. The van der Waals surface area contributed by atoms with E-state index in [4.69, 9.17) is 5.11 Å². The summed E-state index contributed by atoms with van der Waals surface area (Å²) >= 11 is 1.79. The van der Waals surface area contributed by atoms with Crippen LogP contribution in [-0.2, 0) is 0 Å². The van der Waals surface area contributed by atoms with Crippen LogP contribution in [0.15, 0.2) is 0 Å². The van der Waals surface area contributed by atoms with Crippen molar-refractivity contribution in [1.29, 1.82) is 0 Å². The van der Waals surface area contributed by atoms with Crippen molar-refractivity contribution in [2.45, 2.75) is 50.9 Å². The number of hydrogen-bond donors (Lipinski definition) is 2. The van der Waals surface area contributed by atoms with Gasteiger partial charge in [0.05, 0.1) is 12.7 Å².